The zero-order valence-corrected chi connectivity index (χ0v) is 31.6. The van der Waals surface area contributed by atoms with Crippen molar-refractivity contribution in [1.82, 2.24) is 20.5 Å². The molecule has 0 radical (unpaired) electrons. The van der Waals surface area contributed by atoms with Gasteiger partial charge in [-0.05, 0) is 32.9 Å². The molecule has 4 aliphatic heterocycles. The van der Waals surface area contributed by atoms with Gasteiger partial charge in [0.15, 0.2) is 28.2 Å². The number of quaternary nitrogens is 1. The Hall–Kier alpha value is -5.28. The highest BCUT2D eigenvalue weighted by molar-refractivity contribution is 8.00. The van der Waals surface area contributed by atoms with E-state index in [1.54, 1.807) is 0 Å². The van der Waals surface area contributed by atoms with E-state index in [0.717, 1.165) is 35.1 Å². The van der Waals surface area contributed by atoms with Crippen molar-refractivity contribution < 1.29 is 62.9 Å². The fourth-order valence-electron chi connectivity index (χ4n) is 7.65. The molecule has 294 valence electrons. The number of aliphatic carboxylic acids is 2. The minimum Gasteiger partial charge on any atom is -0.504 e. The normalized spacial score (nSPS) is 27.5. The van der Waals surface area contributed by atoms with Crippen LogP contribution in [0.5, 0.6) is 11.5 Å². The van der Waals surface area contributed by atoms with Crippen LogP contribution in [-0.4, -0.2) is 130 Å². The Balaban J connectivity index is 1.17. The average molecular weight is 805 g/mol. The van der Waals surface area contributed by atoms with Gasteiger partial charge in [0.2, 0.25) is 11.4 Å². The van der Waals surface area contributed by atoms with Crippen LogP contribution < -0.4 is 16.4 Å². The van der Waals surface area contributed by atoms with Crippen LogP contribution in [0.4, 0.5) is 9.52 Å². The number of ketones is 1. The van der Waals surface area contributed by atoms with Gasteiger partial charge in [-0.15, -0.1) is 23.1 Å². The number of likely N-dealkylation sites (N-methyl/N-ethyl adjacent to an activating group) is 1. The molecule has 1 aromatic carbocycles. The summed E-state index contributed by atoms with van der Waals surface area (Å²) in [6.45, 7) is 4.56. The van der Waals surface area contributed by atoms with Crippen molar-refractivity contribution in [2.45, 2.75) is 86.8 Å². The van der Waals surface area contributed by atoms with Crippen molar-refractivity contribution in [3.63, 3.8) is 0 Å². The van der Waals surface area contributed by atoms with Crippen molar-refractivity contribution in [2.75, 3.05) is 19.3 Å². The molecule has 3 amide bonds. The van der Waals surface area contributed by atoms with Crippen molar-refractivity contribution in [1.29, 1.82) is 0 Å². The number of carbonyl (C=O) groups excluding carboxylic acids is 4. The van der Waals surface area contributed by atoms with Crippen LogP contribution in [0.3, 0.4) is 0 Å². The zero-order valence-electron chi connectivity index (χ0n) is 29.9. The molecule has 2 bridgehead atoms. The fourth-order valence-corrected chi connectivity index (χ4v) is 9.64. The smallest absolute Gasteiger partial charge is 0.352 e. The largest absolute Gasteiger partial charge is 0.504 e. The number of aromatic hydroxyl groups is 2. The number of thiazole rings is 1. The first-order chi connectivity index (χ1) is 25.7. The number of carboxylic acids is 2. The zero-order chi connectivity index (χ0) is 40.3. The van der Waals surface area contributed by atoms with Crippen molar-refractivity contribution in [2.24, 2.45) is 5.16 Å². The van der Waals surface area contributed by atoms with Crippen molar-refractivity contribution in [3.05, 3.63) is 45.9 Å². The monoisotopic (exact) mass is 804 g/mol. The van der Waals surface area contributed by atoms with Gasteiger partial charge in [-0.3, -0.25) is 24.1 Å². The van der Waals surface area contributed by atoms with E-state index in [2.05, 4.69) is 20.8 Å². The van der Waals surface area contributed by atoms with Gasteiger partial charge in [-0.2, -0.15) is 0 Å². The second-order valence-corrected chi connectivity index (χ2v) is 17.0. The summed E-state index contributed by atoms with van der Waals surface area (Å²) in [4.78, 5) is 87.6. The number of nitrogens with one attached hydrogen (secondary N) is 2. The number of carbonyl (C=O) groups is 6. The highest BCUT2D eigenvalue weighted by Crippen LogP contribution is 2.48. The molecular weight excluding hydrogens is 766 g/mol. The number of thioether (sulfide) groups is 1. The Morgan fingerprint density at radius 3 is 2.33 bits per heavy atom. The van der Waals surface area contributed by atoms with Gasteiger partial charge in [0.25, 0.3) is 17.7 Å². The number of fused-ring (bicyclic) bond motifs is 3. The number of carboxylic acid groups (broad SMARTS) is 2. The Labute approximate surface area is 320 Å². The maximum absolute atomic E-state index is 13.9. The molecule has 3 saturated heterocycles. The molecule has 5 heterocycles. The number of phenols is 2. The van der Waals surface area contributed by atoms with Gasteiger partial charge in [0.05, 0.1) is 19.1 Å². The van der Waals surface area contributed by atoms with Crippen molar-refractivity contribution >= 4 is 69.4 Å². The molecule has 21 heteroatoms. The van der Waals surface area contributed by atoms with Crippen LogP contribution in [0.15, 0.2) is 33.9 Å². The molecule has 2 unspecified atom stereocenters. The van der Waals surface area contributed by atoms with Gasteiger partial charge in [-0.25, -0.2) is 19.0 Å². The first-order valence-corrected chi connectivity index (χ1v) is 18.9. The van der Waals surface area contributed by atoms with Crippen LogP contribution in [0.2, 0.25) is 0 Å². The predicted molar refractivity (Wildman–Crippen MR) is 193 cm³/mol. The summed E-state index contributed by atoms with van der Waals surface area (Å²) >= 11 is 2.29. The van der Waals surface area contributed by atoms with E-state index in [1.165, 1.54) is 31.0 Å². The van der Waals surface area contributed by atoms with E-state index in [1.807, 2.05) is 14.0 Å². The number of amides is 3. The lowest BCUT2D eigenvalue weighted by Gasteiger charge is -2.53. The molecule has 0 saturated carbocycles. The molecule has 4 aliphatic rings. The molecular formula is C34H39FN7O11S2+. The van der Waals surface area contributed by atoms with Crippen LogP contribution in [0.1, 0.15) is 62.5 Å². The lowest BCUT2D eigenvalue weighted by atomic mass is 9.92. The highest BCUT2D eigenvalue weighted by Gasteiger charge is 2.58. The number of piperidine rings is 1. The van der Waals surface area contributed by atoms with E-state index in [9.17, 15) is 53.6 Å². The molecule has 3 fully saturated rings. The van der Waals surface area contributed by atoms with Crippen molar-refractivity contribution in [3.8, 4) is 11.5 Å². The lowest BCUT2D eigenvalue weighted by molar-refractivity contribution is -0.944. The maximum Gasteiger partial charge on any atom is 0.352 e. The number of phenolic OH excluding ortho intramolecular Hbond substituents is 2. The number of nitrogens with two attached hydrogens (primary N) is 1. The minimum atomic E-state index is -1.81. The number of halogens is 1. The first kappa shape index (κ1) is 39.4. The number of benzene rings is 1. The van der Waals surface area contributed by atoms with Gasteiger partial charge in [-0.1, -0.05) is 5.16 Å². The third-order valence-electron chi connectivity index (χ3n) is 10.7. The number of Topliss-reactive ketones (excluding diaryl/α,β-unsaturated/α-hetero) is 1. The van der Waals surface area contributed by atoms with E-state index in [-0.39, 0.29) is 35.2 Å². The number of β-lactam (4-membered cyclic amide) rings is 1. The number of oxime groups is 1. The quantitative estimate of drug-likeness (QED) is 0.0302. The maximum atomic E-state index is 13.9. The molecule has 7 atom stereocenters. The van der Waals surface area contributed by atoms with E-state index in [0.29, 0.717) is 29.0 Å². The Morgan fingerprint density at radius 1 is 1.11 bits per heavy atom. The number of aromatic nitrogens is 1. The van der Waals surface area contributed by atoms with E-state index in [4.69, 9.17) is 10.6 Å². The average Bonchev–Trinajstić information content (AvgIpc) is 3.58. The minimum absolute atomic E-state index is 0.0163. The summed E-state index contributed by atoms with van der Waals surface area (Å²) in [6, 6.07) is -0.183. The van der Waals surface area contributed by atoms with Gasteiger partial charge in [0.1, 0.15) is 29.4 Å². The molecule has 55 heavy (non-hydrogen) atoms. The number of anilines is 1. The fraction of sp³-hybridized carbons (Fsp3) is 0.471. The van der Waals surface area contributed by atoms with E-state index >= 15 is 0 Å². The summed E-state index contributed by atoms with van der Waals surface area (Å²) in [5.74, 6) is -9.48. The van der Waals surface area contributed by atoms with E-state index < -0.39 is 92.3 Å². The lowest BCUT2D eigenvalue weighted by Crippen LogP contribution is -2.72. The van der Waals surface area contributed by atoms with Gasteiger partial charge >= 0.3 is 11.9 Å². The van der Waals surface area contributed by atoms with Crippen LogP contribution >= 0.6 is 23.1 Å². The molecule has 0 aliphatic carbocycles. The Kier molecular flexibility index (Phi) is 10.3. The Morgan fingerprint density at radius 2 is 1.76 bits per heavy atom. The summed E-state index contributed by atoms with van der Waals surface area (Å²) < 4.78 is 14.4. The summed E-state index contributed by atoms with van der Waals surface area (Å²) in [5.41, 5.74) is 3.41. The summed E-state index contributed by atoms with van der Waals surface area (Å²) in [5, 5.41) is 48.4. The molecule has 18 nitrogen and oxygen atoms in total. The van der Waals surface area contributed by atoms with Crippen LogP contribution in [0.25, 0.3) is 0 Å². The summed E-state index contributed by atoms with van der Waals surface area (Å²) in [6.07, 6.45) is 2.44. The number of rotatable bonds is 12. The first-order valence-electron chi connectivity index (χ1n) is 17.1. The highest BCUT2D eigenvalue weighted by atomic mass is 32.2. The third-order valence-corrected chi connectivity index (χ3v) is 12.9. The molecule has 1 aromatic heterocycles. The molecule has 0 spiro atoms. The molecule has 6 rings (SSSR count). The van der Waals surface area contributed by atoms with Crippen LogP contribution in [-0.2, 0) is 28.8 Å². The number of nitrogen functional groups attached to an aromatic ring is 1. The van der Waals surface area contributed by atoms with Gasteiger partial charge < -0.3 is 46.1 Å². The standard InChI is InChI=1S/C34H38FN7O11S2/c1-13-18(11-42(4)16-5-6-17(42)10-15(9-16)37-28(47)25(44)14-7-19(35)26(45)21(43)8-14)24(31(49)50)41-29(48)23(30(41)55-13)39-27(46)22(20-12-54-33(36)38-20)40-53-34(2,3)32(51)52/h7-8,12-13,15-17,23,30H,5-6,9-11H2,1-4H3,(H7-,36,37,38,39,40,43,44,45,46,47,49,50,51,52)/p+1/t13-,15?,16-,17+,23+,30+,42?/m0/s1. The third kappa shape index (κ3) is 7.18. The molecule has 2 aromatic rings. The second kappa shape index (κ2) is 14.4. The number of nitrogens with zero attached hydrogens (tertiary/aromatic N) is 4. The Bertz CT molecular complexity index is 2030. The van der Waals surface area contributed by atoms with Gasteiger partial charge in [0, 0.05) is 53.5 Å². The number of hydrogen-bond donors (Lipinski definition) is 7. The van der Waals surface area contributed by atoms with Crippen LogP contribution in [0, 0.1) is 5.82 Å². The number of hydrogen-bond acceptors (Lipinski definition) is 14. The predicted octanol–water partition coefficient (Wildman–Crippen LogP) is 1.13. The topological polar surface area (TPSA) is 271 Å². The summed E-state index contributed by atoms with van der Waals surface area (Å²) in [7, 11) is 2.00. The molecule has 8 N–H and O–H groups in total. The SMILES string of the molecule is C[C@@H]1S[C@@H]2[C@H](NC(=O)/C(=N\OC(C)(C)C(=O)O)c3csc(N)n3)C(=O)N2C(C(=O)O)=C1C[N+]1(C)[C@@H]2CC[C@H]1CC(NC(=O)C(=O)c1cc(O)c(O)c(F)c1)C2. The second-order valence-electron chi connectivity index (χ2n) is 14.6.